The van der Waals surface area contributed by atoms with E-state index in [-0.39, 0.29) is 24.7 Å². The number of halogens is 5. The minimum absolute atomic E-state index is 0.0647. The highest BCUT2D eigenvalue weighted by Crippen LogP contribution is 2.41. The lowest BCUT2D eigenvalue weighted by Gasteiger charge is -2.29. The number of hydrogen-bond acceptors (Lipinski definition) is 7. The zero-order valence-corrected chi connectivity index (χ0v) is 40.5. The van der Waals surface area contributed by atoms with Crippen LogP contribution in [0.15, 0.2) is 162 Å². The second kappa shape index (κ2) is 21.4. The van der Waals surface area contributed by atoms with E-state index < -0.39 is 47.8 Å². The standard InChI is InChI=1S/C27H21F2N5O2.C20H18F2N4O2.C7H4BrN/c1-27(28,29)26(36)32-22-14-24(35)33(25(22)18-7-3-2-4-8-18)20-10-11-23-19(13-20)16-31-34(23)21-9-5-6-17(12-21)15-30;1-20(21,22)19(28)24-16-10-17(27)26(18(16)12-5-3-2-4-6-12)14-7-8-15-13(9-14)11-23-25-15;1-9-7-4-2-3-6(8)5-7/h2-13,16,22,25H,14H2,1H3,(H,32,36);2-9,11,16,18H,10H2,1H3,(H,23,25)(H,24,28);2-5H/t22-,25?;16-,18?;/m00./s1. The molecule has 2 unspecified atom stereocenters. The summed E-state index contributed by atoms with van der Waals surface area (Å²) in [6.07, 6.45) is 3.13. The molecule has 4 atom stereocenters. The molecule has 4 heterocycles. The van der Waals surface area contributed by atoms with Crippen LogP contribution in [0.1, 0.15) is 55.5 Å². The molecule has 3 N–H and O–H groups in total. The largest absolute Gasteiger partial charge is 0.345 e. The first-order valence-corrected chi connectivity index (χ1v) is 23.4. The van der Waals surface area contributed by atoms with Gasteiger partial charge in [-0.25, -0.2) is 9.53 Å². The first-order valence-electron chi connectivity index (χ1n) is 22.6. The number of amides is 4. The maximum atomic E-state index is 13.6. The number of rotatable bonds is 9. The Balaban J connectivity index is 0.000000170. The van der Waals surface area contributed by atoms with Crippen LogP contribution < -0.4 is 20.4 Å². The molecule has 2 aliphatic heterocycles. The Bertz CT molecular complexity index is 3420. The number of anilines is 2. The Labute approximate surface area is 424 Å². The Kier molecular flexibility index (Phi) is 14.8. The van der Waals surface area contributed by atoms with Crippen LogP contribution in [0.4, 0.5) is 34.6 Å². The van der Waals surface area contributed by atoms with Crippen molar-refractivity contribution in [1.82, 2.24) is 30.6 Å². The summed E-state index contributed by atoms with van der Waals surface area (Å²) < 4.78 is 56.8. The molecule has 0 bridgehead atoms. The Hall–Kier alpha value is -8.68. The molecule has 14 nitrogen and oxygen atoms in total. The highest BCUT2D eigenvalue weighted by atomic mass is 79.9. The van der Waals surface area contributed by atoms with Gasteiger partial charge in [0.25, 0.3) is 11.8 Å². The summed E-state index contributed by atoms with van der Waals surface area (Å²) in [6.45, 7) is 7.72. The number of hydrogen-bond donors (Lipinski definition) is 3. The quantitative estimate of drug-likeness (QED) is 0.0953. The van der Waals surface area contributed by atoms with Gasteiger partial charge in [-0.15, -0.1) is 0 Å². The third kappa shape index (κ3) is 11.4. The summed E-state index contributed by atoms with van der Waals surface area (Å²) in [4.78, 5) is 56.3. The van der Waals surface area contributed by atoms with Gasteiger partial charge in [-0.1, -0.05) is 101 Å². The maximum absolute atomic E-state index is 13.6. The number of alkyl halides is 4. The third-order valence-corrected chi connectivity index (χ3v) is 12.5. The minimum Gasteiger partial charge on any atom is -0.345 e. The summed E-state index contributed by atoms with van der Waals surface area (Å²) in [5.74, 6) is -10.4. The van der Waals surface area contributed by atoms with Gasteiger partial charge in [0, 0.05) is 53.3 Å². The molecule has 19 heteroatoms. The molecule has 0 saturated carbocycles. The van der Waals surface area contributed by atoms with E-state index in [1.807, 2.05) is 66.7 Å². The molecule has 0 radical (unpaired) electrons. The van der Waals surface area contributed by atoms with Gasteiger partial charge in [-0.05, 0) is 71.8 Å². The molecule has 368 valence electrons. The fourth-order valence-electron chi connectivity index (χ4n) is 8.70. The van der Waals surface area contributed by atoms with Gasteiger partial charge in [0.1, 0.15) is 0 Å². The average molecular weight is 1050 g/mol. The maximum Gasteiger partial charge on any atom is 0.321 e. The number of aromatic amines is 1. The van der Waals surface area contributed by atoms with Crippen LogP contribution in [-0.2, 0) is 19.2 Å². The van der Waals surface area contributed by atoms with Gasteiger partial charge in [-0.3, -0.25) is 24.3 Å². The van der Waals surface area contributed by atoms with E-state index in [0.29, 0.717) is 36.5 Å². The minimum atomic E-state index is -3.56. The lowest BCUT2D eigenvalue weighted by Crippen LogP contribution is -2.46. The van der Waals surface area contributed by atoms with E-state index in [9.17, 15) is 42.0 Å². The van der Waals surface area contributed by atoms with Crippen LogP contribution in [0.25, 0.3) is 32.3 Å². The molecular weight excluding hydrogens is 1010 g/mol. The van der Waals surface area contributed by atoms with E-state index in [4.69, 9.17) is 6.57 Å². The van der Waals surface area contributed by atoms with E-state index in [0.717, 1.165) is 43.1 Å². The van der Waals surface area contributed by atoms with Crippen molar-refractivity contribution in [2.45, 2.75) is 62.7 Å². The van der Waals surface area contributed by atoms with E-state index in [2.05, 4.69) is 52.8 Å². The highest BCUT2D eigenvalue weighted by molar-refractivity contribution is 9.10. The first-order chi connectivity index (χ1) is 34.9. The lowest BCUT2D eigenvalue weighted by atomic mass is 9.99. The summed E-state index contributed by atoms with van der Waals surface area (Å²) >= 11 is 3.26. The lowest BCUT2D eigenvalue weighted by molar-refractivity contribution is -0.144. The molecule has 0 aliphatic carbocycles. The molecule has 0 spiro atoms. The number of fused-ring (bicyclic) bond motifs is 2. The molecule has 6 aromatic carbocycles. The Morgan fingerprint density at radius 1 is 0.699 bits per heavy atom. The van der Waals surface area contributed by atoms with Crippen LogP contribution in [0.2, 0.25) is 0 Å². The van der Waals surface area contributed by atoms with Crippen molar-refractivity contribution in [1.29, 1.82) is 5.26 Å². The number of aromatic nitrogens is 4. The smallest absolute Gasteiger partial charge is 0.321 e. The fraction of sp³-hybridized carbons (Fsp3) is 0.185. The van der Waals surface area contributed by atoms with Gasteiger partial charge in [0.05, 0.1) is 71.5 Å². The molecular formula is C54H43BrF4N10O4. The van der Waals surface area contributed by atoms with Crippen LogP contribution in [0.5, 0.6) is 0 Å². The molecule has 10 rings (SSSR count). The second-order valence-electron chi connectivity index (χ2n) is 17.3. The molecule has 2 saturated heterocycles. The van der Waals surface area contributed by atoms with Crippen molar-refractivity contribution >= 4 is 78.4 Å². The highest BCUT2D eigenvalue weighted by Gasteiger charge is 2.46. The van der Waals surface area contributed by atoms with Crippen molar-refractivity contribution in [3.8, 4) is 11.8 Å². The van der Waals surface area contributed by atoms with Crippen LogP contribution in [-0.4, -0.2) is 67.5 Å². The number of nitrogens with zero attached hydrogens (tertiary/aromatic N) is 7. The van der Waals surface area contributed by atoms with Crippen LogP contribution >= 0.6 is 15.9 Å². The number of benzene rings is 6. The van der Waals surface area contributed by atoms with E-state index in [1.54, 1.807) is 106 Å². The van der Waals surface area contributed by atoms with Crippen molar-refractivity contribution < 1.29 is 36.7 Å². The monoisotopic (exact) mass is 1050 g/mol. The number of H-pyrrole nitrogens is 1. The predicted octanol–water partition coefficient (Wildman–Crippen LogP) is 10.7. The van der Waals surface area contributed by atoms with E-state index >= 15 is 0 Å². The molecule has 73 heavy (non-hydrogen) atoms. The SMILES string of the molecule is CC(F)(F)C(=O)N[C@H]1CC(=O)N(c2ccc3[nH]ncc3c2)C1c1ccccc1.CC(F)(F)C(=O)N[C@H]1CC(=O)N(c2ccc3c(cnn3-c3cccc(C#N)c3)c2)C1c1ccccc1.[C-]#[N+]c1cccc(Br)c1. The van der Waals surface area contributed by atoms with Crippen molar-refractivity contribution in [3.63, 3.8) is 0 Å². The number of nitrogens with one attached hydrogen (secondary N) is 3. The van der Waals surface area contributed by atoms with Crippen LogP contribution in [0.3, 0.4) is 0 Å². The number of nitriles is 1. The van der Waals surface area contributed by atoms with Crippen LogP contribution in [0, 0.1) is 17.9 Å². The van der Waals surface area contributed by atoms with Crippen molar-refractivity contribution in [3.05, 3.63) is 191 Å². The van der Waals surface area contributed by atoms with Gasteiger partial charge in [0.15, 0.2) is 5.69 Å². The van der Waals surface area contributed by atoms with E-state index in [1.165, 1.54) is 0 Å². The van der Waals surface area contributed by atoms with Gasteiger partial charge in [-0.2, -0.15) is 33.0 Å². The molecule has 2 fully saturated rings. The summed E-state index contributed by atoms with van der Waals surface area (Å²) in [5, 5.41) is 26.8. The van der Waals surface area contributed by atoms with Gasteiger partial charge >= 0.3 is 11.8 Å². The summed E-state index contributed by atoms with van der Waals surface area (Å²) in [7, 11) is 0. The molecule has 8 aromatic rings. The molecule has 2 aliphatic rings. The van der Waals surface area contributed by atoms with Crippen molar-refractivity contribution in [2.24, 2.45) is 0 Å². The molecule has 2 aromatic heterocycles. The summed E-state index contributed by atoms with van der Waals surface area (Å²) in [5.41, 5.74) is 6.15. The normalized spacial score (nSPS) is 17.5. The number of carbonyl (C=O) groups excluding carboxylic acids is 4. The topological polar surface area (TPSA) is 173 Å². The second-order valence-corrected chi connectivity index (χ2v) is 18.2. The summed E-state index contributed by atoms with van der Waals surface area (Å²) in [6, 6.07) is 42.5. The van der Waals surface area contributed by atoms with Gasteiger partial charge in [0.2, 0.25) is 11.8 Å². The zero-order chi connectivity index (χ0) is 52.0. The third-order valence-electron chi connectivity index (χ3n) is 12.0. The molecule has 4 amide bonds. The average Bonchev–Trinajstić information content (AvgIpc) is 4.18. The Morgan fingerprint density at radius 3 is 1.77 bits per heavy atom. The zero-order valence-electron chi connectivity index (χ0n) is 38.9. The number of carbonyl (C=O) groups is 4. The van der Waals surface area contributed by atoms with Crippen molar-refractivity contribution in [2.75, 3.05) is 9.80 Å². The first kappa shape index (κ1) is 50.7. The van der Waals surface area contributed by atoms with Gasteiger partial charge < -0.3 is 20.4 Å². The predicted molar refractivity (Wildman–Crippen MR) is 270 cm³/mol. The Morgan fingerprint density at radius 2 is 1.25 bits per heavy atom. The fourth-order valence-corrected chi connectivity index (χ4v) is 9.08.